The molecule has 8 heteroatoms. The van der Waals surface area contributed by atoms with Gasteiger partial charge in [0.05, 0.1) is 39.3 Å². The van der Waals surface area contributed by atoms with Gasteiger partial charge in [0, 0.05) is 0 Å². The van der Waals surface area contributed by atoms with Gasteiger partial charge in [0.25, 0.3) is 0 Å². The summed E-state index contributed by atoms with van der Waals surface area (Å²) in [7, 11) is 3.17. The van der Waals surface area contributed by atoms with Crippen LogP contribution >= 0.6 is 11.8 Å². The van der Waals surface area contributed by atoms with E-state index >= 15 is 0 Å². The number of hydrogen-bond acceptors (Lipinski definition) is 7. The fraction of sp³-hybridized carbons (Fsp3) is 0.318. The summed E-state index contributed by atoms with van der Waals surface area (Å²) < 4.78 is 16.1. The Morgan fingerprint density at radius 3 is 2.57 bits per heavy atom. The van der Waals surface area contributed by atoms with Gasteiger partial charge in [-0.25, -0.2) is 0 Å². The molecule has 3 rings (SSSR count). The molecule has 1 aliphatic rings. The fourth-order valence-electron chi connectivity index (χ4n) is 2.80. The van der Waals surface area contributed by atoms with Gasteiger partial charge in [0.1, 0.15) is 5.75 Å². The van der Waals surface area contributed by atoms with E-state index in [2.05, 4.69) is 17.1 Å². The van der Waals surface area contributed by atoms with E-state index in [0.29, 0.717) is 35.6 Å². The van der Waals surface area contributed by atoms with Gasteiger partial charge in [-0.05, 0) is 47.9 Å². The highest BCUT2D eigenvalue weighted by Crippen LogP contribution is 2.27. The van der Waals surface area contributed by atoms with Crippen molar-refractivity contribution in [3.8, 4) is 17.2 Å². The summed E-state index contributed by atoms with van der Waals surface area (Å²) in [5.74, 6) is 2.48. The van der Waals surface area contributed by atoms with Gasteiger partial charge in [-0.15, -0.1) is 5.10 Å². The number of methoxy groups -OCH3 is 2. The number of carbonyl (C=O) groups is 1. The first-order valence-corrected chi connectivity index (χ1v) is 10.6. The summed E-state index contributed by atoms with van der Waals surface area (Å²) >= 11 is 1.38. The molecule has 1 amide bonds. The Morgan fingerprint density at radius 2 is 1.87 bits per heavy atom. The number of rotatable bonds is 9. The van der Waals surface area contributed by atoms with E-state index in [9.17, 15) is 4.79 Å². The molecule has 1 fully saturated rings. The lowest BCUT2D eigenvalue weighted by atomic mass is 10.2. The third-order valence-corrected chi connectivity index (χ3v) is 5.30. The summed E-state index contributed by atoms with van der Waals surface area (Å²) in [6.07, 6.45) is 2.58. The highest BCUT2D eigenvalue weighted by Gasteiger charge is 2.28. The molecular formula is C22H25N3O4S. The summed E-state index contributed by atoms with van der Waals surface area (Å²) in [5, 5.41) is 9.01. The zero-order valence-corrected chi connectivity index (χ0v) is 18.1. The van der Waals surface area contributed by atoms with Gasteiger partial charge in [-0.2, -0.15) is 5.10 Å². The van der Waals surface area contributed by atoms with Crippen molar-refractivity contribution in [2.24, 2.45) is 10.2 Å². The molecule has 1 saturated heterocycles. The molecule has 0 saturated carbocycles. The number of amides is 1. The molecule has 0 bridgehead atoms. The molecule has 7 nitrogen and oxygen atoms in total. The molecule has 30 heavy (non-hydrogen) atoms. The molecule has 2 aromatic rings. The summed E-state index contributed by atoms with van der Waals surface area (Å²) in [4.78, 5) is 14.0. The van der Waals surface area contributed by atoms with Crippen molar-refractivity contribution in [3.05, 3.63) is 53.6 Å². The van der Waals surface area contributed by atoms with Crippen LogP contribution in [0.4, 0.5) is 0 Å². The number of thioether (sulfide) groups is 1. The van der Waals surface area contributed by atoms with Gasteiger partial charge in [-0.1, -0.05) is 30.8 Å². The topological polar surface area (TPSA) is 72.7 Å². The molecule has 0 aliphatic carbocycles. The highest BCUT2D eigenvalue weighted by molar-refractivity contribution is 8.15. The van der Waals surface area contributed by atoms with Crippen molar-refractivity contribution >= 4 is 29.1 Å². The van der Waals surface area contributed by atoms with Crippen molar-refractivity contribution in [1.29, 1.82) is 0 Å². The van der Waals surface area contributed by atoms with Gasteiger partial charge in [0.15, 0.2) is 16.7 Å². The van der Waals surface area contributed by atoms with Gasteiger partial charge < -0.3 is 14.2 Å². The first kappa shape index (κ1) is 21.7. The molecule has 0 spiro atoms. The van der Waals surface area contributed by atoms with Crippen LogP contribution in [0.1, 0.15) is 24.5 Å². The lowest BCUT2D eigenvalue weighted by Gasteiger charge is -2.15. The molecule has 0 radical (unpaired) electrons. The number of nitrogens with zero attached hydrogens (tertiary/aromatic N) is 3. The molecule has 1 aliphatic heterocycles. The summed E-state index contributed by atoms with van der Waals surface area (Å²) in [5.41, 5.74) is 1.83. The van der Waals surface area contributed by atoms with Gasteiger partial charge in [-0.3, -0.25) is 9.69 Å². The third kappa shape index (κ3) is 5.54. The van der Waals surface area contributed by atoms with Crippen molar-refractivity contribution in [1.82, 2.24) is 4.90 Å². The second kappa shape index (κ2) is 10.7. The van der Waals surface area contributed by atoms with Gasteiger partial charge in [0.2, 0.25) is 5.91 Å². The average Bonchev–Trinajstić information content (AvgIpc) is 3.12. The molecule has 1 heterocycles. The maximum absolute atomic E-state index is 12.3. The number of benzene rings is 2. The van der Waals surface area contributed by atoms with Crippen molar-refractivity contribution in [3.63, 3.8) is 0 Å². The average molecular weight is 428 g/mol. The molecule has 2 aromatic carbocycles. The van der Waals surface area contributed by atoms with Crippen LogP contribution in [0.2, 0.25) is 0 Å². The van der Waals surface area contributed by atoms with Gasteiger partial charge >= 0.3 is 0 Å². The predicted molar refractivity (Wildman–Crippen MR) is 120 cm³/mol. The van der Waals surface area contributed by atoms with Crippen molar-refractivity contribution < 1.29 is 19.0 Å². The van der Waals surface area contributed by atoms with E-state index in [1.54, 1.807) is 31.4 Å². The predicted octanol–water partition coefficient (Wildman–Crippen LogP) is 3.96. The zero-order valence-electron chi connectivity index (χ0n) is 17.3. The smallest absolute Gasteiger partial charge is 0.239 e. The Labute approximate surface area is 180 Å². The second-order valence-corrected chi connectivity index (χ2v) is 7.45. The maximum atomic E-state index is 12.3. The van der Waals surface area contributed by atoms with Crippen LogP contribution < -0.4 is 14.2 Å². The van der Waals surface area contributed by atoms with E-state index in [-0.39, 0.29) is 5.91 Å². The maximum Gasteiger partial charge on any atom is 0.239 e. The van der Waals surface area contributed by atoms with Crippen molar-refractivity contribution in [2.75, 3.05) is 26.6 Å². The monoisotopic (exact) mass is 427 g/mol. The first-order chi connectivity index (χ1) is 14.6. The minimum atomic E-state index is 0.0198. The third-order valence-electron chi connectivity index (χ3n) is 4.35. The Morgan fingerprint density at radius 1 is 1.10 bits per heavy atom. The first-order valence-electron chi connectivity index (χ1n) is 9.62. The molecule has 158 valence electrons. The SMILES string of the molecule is CCCOc1ccc(CN2C(=O)CSC2=NN=Cc2ccc(OC)c(OC)c2)cc1. The highest BCUT2D eigenvalue weighted by atomic mass is 32.2. The number of ether oxygens (including phenoxy) is 3. The van der Waals surface area contributed by atoms with Crippen LogP contribution in [0.5, 0.6) is 17.2 Å². The normalized spacial score (nSPS) is 15.2. The standard InChI is InChI=1S/C22H25N3O4S/c1-4-11-29-18-8-5-16(6-9-18)14-25-21(26)15-30-22(25)24-23-13-17-7-10-19(27-2)20(12-17)28-3/h5-10,12-13H,4,11,14-15H2,1-3H3. The van der Waals surface area contributed by atoms with Crippen LogP contribution in [0.25, 0.3) is 0 Å². The minimum absolute atomic E-state index is 0.0198. The lowest BCUT2D eigenvalue weighted by molar-refractivity contribution is -0.124. The number of amidine groups is 1. The van der Waals surface area contributed by atoms with E-state index < -0.39 is 0 Å². The number of carbonyl (C=O) groups excluding carboxylic acids is 1. The molecular weight excluding hydrogens is 402 g/mol. The summed E-state index contributed by atoms with van der Waals surface area (Å²) in [6.45, 7) is 3.21. The fourth-order valence-corrected chi connectivity index (χ4v) is 3.63. The summed E-state index contributed by atoms with van der Waals surface area (Å²) in [6, 6.07) is 13.3. The molecule has 0 atom stereocenters. The minimum Gasteiger partial charge on any atom is -0.494 e. The Bertz CT molecular complexity index is 928. The quantitative estimate of drug-likeness (QED) is 0.447. The number of hydrogen-bond donors (Lipinski definition) is 0. The molecule has 0 N–H and O–H groups in total. The molecule has 0 aromatic heterocycles. The zero-order chi connectivity index (χ0) is 21.3. The Balaban J connectivity index is 1.68. The van der Waals surface area contributed by atoms with E-state index in [4.69, 9.17) is 14.2 Å². The van der Waals surface area contributed by atoms with Crippen LogP contribution in [0.3, 0.4) is 0 Å². The van der Waals surface area contributed by atoms with Crippen LogP contribution in [-0.4, -0.2) is 48.8 Å². The Kier molecular flexibility index (Phi) is 7.73. The van der Waals surface area contributed by atoms with E-state index in [1.807, 2.05) is 36.4 Å². The van der Waals surface area contributed by atoms with Crippen LogP contribution in [0.15, 0.2) is 52.7 Å². The van der Waals surface area contributed by atoms with E-state index in [1.165, 1.54) is 11.8 Å². The second-order valence-electron chi connectivity index (χ2n) is 6.50. The largest absolute Gasteiger partial charge is 0.494 e. The van der Waals surface area contributed by atoms with Crippen LogP contribution in [0, 0.1) is 0 Å². The Hall–Kier alpha value is -3.00. The lowest BCUT2D eigenvalue weighted by Crippen LogP contribution is -2.28. The van der Waals surface area contributed by atoms with Crippen LogP contribution in [-0.2, 0) is 11.3 Å². The molecule has 0 unspecified atom stereocenters. The van der Waals surface area contributed by atoms with Crippen molar-refractivity contribution in [2.45, 2.75) is 19.9 Å². The van der Waals surface area contributed by atoms with E-state index in [0.717, 1.165) is 23.3 Å².